The van der Waals surface area contributed by atoms with Crippen molar-refractivity contribution in [2.75, 3.05) is 0 Å². The van der Waals surface area contributed by atoms with Crippen LogP contribution in [-0.4, -0.2) is 15.3 Å². The van der Waals surface area contributed by atoms with Gasteiger partial charge in [0.25, 0.3) is 5.89 Å². The van der Waals surface area contributed by atoms with E-state index >= 15 is 0 Å². The molecule has 0 saturated heterocycles. The smallest absolute Gasteiger partial charge is 0.280 e. The maximum absolute atomic E-state index is 5.48. The zero-order valence-electron chi connectivity index (χ0n) is 10.5. The summed E-state index contributed by atoms with van der Waals surface area (Å²) < 4.78 is 10.6. The maximum atomic E-state index is 5.48. The van der Waals surface area contributed by atoms with Crippen LogP contribution in [0.2, 0.25) is 0 Å². The molecule has 3 rings (SSSR count). The monoisotopic (exact) mass is 255 g/mol. The molecule has 0 fully saturated rings. The highest BCUT2D eigenvalue weighted by Crippen LogP contribution is 2.32. The van der Waals surface area contributed by atoms with Crippen LogP contribution < -0.4 is 0 Å². The summed E-state index contributed by atoms with van der Waals surface area (Å²) in [6.07, 6.45) is 3.20. The number of rotatable bonds is 4. The molecule has 5 nitrogen and oxygen atoms in total. The summed E-state index contributed by atoms with van der Waals surface area (Å²) in [6.45, 7) is 2.11. The molecule has 0 aliphatic carbocycles. The van der Waals surface area contributed by atoms with Gasteiger partial charge in [0, 0.05) is 11.1 Å². The maximum Gasteiger partial charge on any atom is 0.280 e. The average Bonchev–Trinajstić information content (AvgIpc) is 3.09. The Morgan fingerprint density at radius 3 is 2.63 bits per heavy atom. The lowest BCUT2D eigenvalue weighted by molar-refractivity contribution is 0.410. The molecule has 0 spiro atoms. The van der Waals surface area contributed by atoms with Crippen molar-refractivity contribution in [3.05, 3.63) is 42.2 Å². The molecule has 0 N–H and O–H groups in total. The predicted octanol–water partition coefficient (Wildman–Crippen LogP) is 3.34. The summed E-state index contributed by atoms with van der Waals surface area (Å²) in [5.74, 6) is 1.17. The van der Waals surface area contributed by atoms with Crippen molar-refractivity contribution in [2.24, 2.45) is 0 Å². The van der Waals surface area contributed by atoms with Crippen LogP contribution in [0.25, 0.3) is 22.9 Å². The van der Waals surface area contributed by atoms with E-state index in [2.05, 4.69) is 22.2 Å². The van der Waals surface area contributed by atoms with Crippen LogP contribution in [0.5, 0.6) is 0 Å². The van der Waals surface area contributed by atoms with Gasteiger partial charge in [-0.2, -0.15) is 4.98 Å². The summed E-state index contributed by atoms with van der Waals surface area (Å²) in [5, 5.41) is 7.70. The van der Waals surface area contributed by atoms with E-state index in [0.717, 1.165) is 29.7 Å². The van der Waals surface area contributed by atoms with Crippen LogP contribution in [-0.2, 0) is 6.42 Å². The minimum atomic E-state index is 0.398. The first kappa shape index (κ1) is 11.6. The lowest BCUT2D eigenvalue weighted by Gasteiger charge is -2.00. The highest BCUT2D eigenvalue weighted by molar-refractivity contribution is 5.68. The van der Waals surface area contributed by atoms with E-state index < -0.39 is 0 Å². The van der Waals surface area contributed by atoms with Gasteiger partial charge in [-0.15, -0.1) is 0 Å². The van der Waals surface area contributed by atoms with Crippen molar-refractivity contribution >= 4 is 0 Å². The predicted molar refractivity (Wildman–Crippen MR) is 69.2 cm³/mol. The molecule has 0 radical (unpaired) electrons. The molecule has 0 amide bonds. The number of hydrogen-bond acceptors (Lipinski definition) is 5. The van der Waals surface area contributed by atoms with Crippen LogP contribution in [0.3, 0.4) is 0 Å². The van der Waals surface area contributed by atoms with Crippen LogP contribution in [0.1, 0.15) is 18.9 Å². The molecule has 0 bridgehead atoms. The van der Waals surface area contributed by atoms with Gasteiger partial charge in [-0.3, -0.25) is 0 Å². The molecule has 2 heterocycles. The van der Waals surface area contributed by atoms with Crippen molar-refractivity contribution in [3.8, 4) is 22.9 Å². The first-order chi connectivity index (χ1) is 9.40. The molecule has 3 aromatic rings. The van der Waals surface area contributed by atoms with E-state index in [9.17, 15) is 0 Å². The van der Waals surface area contributed by atoms with E-state index in [4.69, 9.17) is 9.05 Å². The third-order valence-electron chi connectivity index (χ3n) is 2.89. The second-order valence-electron chi connectivity index (χ2n) is 4.20. The van der Waals surface area contributed by atoms with Gasteiger partial charge in [-0.25, -0.2) is 0 Å². The molecule has 0 aliphatic heterocycles. The van der Waals surface area contributed by atoms with Gasteiger partial charge in [0.15, 0.2) is 17.8 Å². The van der Waals surface area contributed by atoms with E-state index in [1.165, 1.54) is 6.33 Å². The topological polar surface area (TPSA) is 65.0 Å². The number of nitrogens with zero attached hydrogens (tertiary/aromatic N) is 3. The van der Waals surface area contributed by atoms with Crippen molar-refractivity contribution in [2.45, 2.75) is 19.8 Å². The van der Waals surface area contributed by atoms with E-state index in [-0.39, 0.29) is 0 Å². The third-order valence-corrected chi connectivity index (χ3v) is 2.89. The fourth-order valence-corrected chi connectivity index (χ4v) is 2.05. The first-order valence-corrected chi connectivity index (χ1v) is 6.21. The standard InChI is InChI=1S/C14H13N3O2/c1-2-6-11-12(14-15-9-16-19-14)17-18-13(11)10-7-4-3-5-8-10/h3-5,7-9H,2,6H2,1H3. The van der Waals surface area contributed by atoms with E-state index in [0.29, 0.717) is 11.6 Å². The lowest BCUT2D eigenvalue weighted by atomic mass is 10.0. The zero-order valence-corrected chi connectivity index (χ0v) is 10.5. The van der Waals surface area contributed by atoms with Gasteiger partial charge < -0.3 is 9.05 Å². The van der Waals surface area contributed by atoms with Crippen molar-refractivity contribution in [3.63, 3.8) is 0 Å². The van der Waals surface area contributed by atoms with E-state index in [1.807, 2.05) is 30.3 Å². The second kappa shape index (κ2) is 5.06. The van der Waals surface area contributed by atoms with E-state index in [1.54, 1.807) is 0 Å². The van der Waals surface area contributed by atoms with Crippen molar-refractivity contribution in [1.29, 1.82) is 0 Å². The van der Waals surface area contributed by atoms with Crippen molar-refractivity contribution < 1.29 is 9.05 Å². The Bertz CT molecular complexity index is 645. The summed E-state index contributed by atoms with van der Waals surface area (Å²) in [6, 6.07) is 9.91. The summed E-state index contributed by atoms with van der Waals surface area (Å²) >= 11 is 0. The molecule has 1 aromatic carbocycles. The first-order valence-electron chi connectivity index (χ1n) is 6.21. The Kier molecular flexibility index (Phi) is 3.10. The average molecular weight is 255 g/mol. The fourth-order valence-electron chi connectivity index (χ4n) is 2.05. The zero-order chi connectivity index (χ0) is 13.1. The molecular weight excluding hydrogens is 242 g/mol. The van der Waals surface area contributed by atoms with Crippen LogP contribution in [0.15, 0.2) is 45.7 Å². The van der Waals surface area contributed by atoms with Gasteiger partial charge in [-0.05, 0) is 6.42 Å². The van der Waals surface area contributed by atoms with Gasteiger partial charge in [0.2, 0.25) is 0 Å². The molecule has 5 heteroatoms. The Labute approximate surface area is 110 Å². The lowest BCUT2D eigenvalue weighted by Crippen LogP contribution is -1.89. The Morgan fingerprint density at radius 1 is 1.11 bits per heavy atom. The number of hydrogen-bond donors (Lipinski definition) is 0. The molecule has 19 heavy (non-hydrogen) atoms. The Morgan fingerprint density at radius 2 is 1.95 bits per heavy atom. The van der Waals surface area contributed by atoms with Gasteiger partial charge >= 0.3 is 0 Å². The Balaban J connectivity index is 2.11. The molecule has 0 saturated carbocycles. The van der Waals surface area contributed by atoms with Crippen LogP contribution in [0, 0.1) is 0 Å². The molecule has 0 unspecified atom stereocenters. The normalized spacial score (nSPS) is 10.8. The SMILES string of the molecule is CCCc1c(-c2ncno2)noc1-c1ccccc1. The number of aromatic nitrogens is 3. The van der Waals surface area contributed by atoms with Crippen LogP contribution >= 0.6 is 0 Å². The quantitative estimate of drug-likeness (QED) is 0.715. The largest absolute Gasteiger partial charge is 0.355 e. The number of benzene rings is 1. The molecule has 0 atom stereocenters. The van der Waals surface area contributed by atoms with Crippen LogP contribution in [0.4, 0.5) is 0 Å². The fraction of sp³-hybridized carbons (Fsp3) is 0.214. The van der Waals surface area contributed by atoms with Gasteiger partial charge in [-0.1, -0.05) is 54.0 Å². The summed E-state index contributed by atoms with van der Waals surface area (Å²) in [4.78, 5) is 4.04. The third kappa shape index (κ3) is 2.14. The van der Waals surface area contributed by atoms with Gasteiger partial charge in [0.1, 0.15) is 0 Å². The summed E-state index contributed by atoms with van der Waals surface area (Å²) in [5.41, 5.74) is 2.65. The Hall–Kier alpha value is -2.43. The second-order valence-corrected chi connectivity index (χ2v) is 4.20. The highest BCUT2D eigenvalue weighted by Gasteiger charge is 2.21. The summed E-state index contributed by atoms with van der Waals surface area (Å²) in [7, 11) is 0. The molecule has 96 valence electrons. The molecular formula is C14H13N3O2. The molecule has 0 aliphatic rings. The minimum absolute atomic E-state index is 0.398. The highest BCUT2D eigenvalue weighted by atomic mass is 16.5. The van der Waals surface area contributed by atoms with Gasteiger partial charge in [0.05, 0.1) is 0 Å². The minimum Gasteiger partial charge on any atom is -0.355 e. The molecule has 2 aromatic heterocycles. The van der Waals surface area contributed by atoms with Crippen molar-refractivity contribution in [1.82, 2.24) is 15.3 Å².